The van der Waals surface area contributed by atoms with Gasteiger partial charge in [-0.05, 0) is 12.5 Å². The molecule has 0 amide bonds. The van der Waals surface area contributed by atoms with Crippen molar-refractivity contribution in [3.05, 3.63) is 35.9 Å². The second kappa shape index (κ2) is 6.29. The lowest BCUT2D eigenvalue weighted by atomic mass is 10.1. The molecule has 1 aromatic rings. The number of hydrogen-bond donors (Lipinski definition) is 1. The summed E-state index contributed by atoms with van der Waals surface area (Å²) in [5.41, 5.74) is -0.352. The van der Waals surface area contributed by atoms with Gasteiger partial charge in [-0.25, -0.2) is 0 Å². The normalized spacial score (nSPS) is 15.3. The second-order valence-corrected chi connectivity index (χ2v) is 6.09. The fourth-order valence-electron chi connectivity index (χ4n) is 1.24. The molecule has 0 radical (unpaired) electrons. The van der Waals surface area contributed by atoms with Gasteiger partial charge in [-0.15, -0.1) is 0 Å². The van der Waals surface area contributed by atoms with Crippen LogP contribution >= 0.6 is 0 Å². The van der Waals surface area contributed by atoms with Crippen molar-refractivity contribution in [1.29, 1.82) is 0 Å². The van der Waals surface area contributed by atoms with Gasteiger partial charge in [-0.3, -0.25) is 4.18 Å². The van der Waals surface area contributed by atoms with Crippen molar-refractivity contribution in [1.82, 2.24) is 0 Å². The number of rotatable bonds is 7. The molecule has 0 saturated carbocycles. The van der Waals surface area contributed by atoms with Crippen LogP contribution in [0.1, 0.15) is 12.5 Å². The monoisotopic (exact) mass is 274 g/mol. The molecule has 0 aliphatic heterocycles. The first-order chi connectivity index (χ1) is 8.29. The van der Waals surface area contributed by atoms with Crippen LogP contribution in [-0.2, 0) is 25.6 Å². The van der Waals surface area contributed by atoms with Crippen LogP contribution in [0.15, 0.2) is 30.3 Å². The Bertz CT molecular complexity index is 453. The molecule has 0 aromatic heterocycles. The molecule has 0 saturated heterocycles. The summed E-state index contributed by atoms with van der Waals surface area (Å²) in [4.78, 5) is 0. The quantitative estimate of drug-likeness (QED) is 0.749. The smallest absolute Gasteiger partial charge is 0.264 e. The SMILES string of the molecule is C[C@@](O)(COCc1ccccc1)COS(C)(=O)=O. The van der Waals surface area contributed by atoms with Crippen LogP contribution < -0.4 is 0 Å². The van der Waals surface area contributed by atoms with Gasteiger partial charge in [0.25, 0.3) is 10.1 Å². The van der Waals surface area contributed by atoms with Gasteiger partial charge in [-0.2, -0.15) is 8.42 Å². The Balaban J connectivity index is 2.33. The molecule has 0 spiro atoms. The fraction of sp³-hybridized carbons (Fsp3) is 0.500. The number of hydrogen-bond acceptors (Lipinski definition) is 5. The zero-order valence-corrected chi connectivity index (χ0v) is 11.3. The molecule has 1 atom stereocenters. The molecule has 5 nitrogen and oxygen atoms in total. The first-order valence-electron chi connectivity index (χ1n) is 5.47. The van der Waals surface area contributed by atoms with Gasteiger partial charge in [0.05, 0.1) is 26.1 Å². The molecule has 18 heavy (non-hydrogen) atoms. The van der Waals surface area contributed by atoms with E-state index in [4.69, 9.17) is 4.74 Å². The van der Waals surface area contributed by atoms with E-state index >= 15 is 0 Å². The molecule has 0 aliphatic rings. The average molecular weight is 274 g/mol. The van der Waals surface area contributed by atoms with Gasteiger partial charge >= 0.3 is 0 Å². The number of benzene rings is 1. The van der Waals surface area contributed by atoms with Gasteiger partial charge < -0.3 is 9.84 Å². The summed E-state index contributed by atoms with van der Waals surface area (Å²) in [7, 11) is -3.55. The lowest BCUT2D eigenvalue weighted by molar-refractivity contribution is -0.0624. The van der Waals surface area contributed by atoms with E-state index in [0.29, 0.717) is 6.61 Å². The van der Waals surface area contributed by atoms with E-state index in [2.05, 4.69) is 4.18 Å². The average Bonchev–Trinajstić information content (AvgIpc) is 2.27. The van der Waals surface area contributed by atoms with Crippen molar-refractivity contribution in [3.63, 3.8) is 0 Å². The molecule has 1 rings (SSSR count). The molecule has 1 N–H and O–H groups in total. The van der Waals surface area contributed by atoms with E-state index in [1.165, 1.54) is 6.92 Å². The molecule has 0 aliphatic carbocycles. The van der Waals surface area contributed by atoms with E-state index in [0.717, 1.165) is 11.8 Å². The molecule has 0 heterocycles. The second-order valence-electron chi connectivity index (χ2n) is 4.44. The Morgan fingerprint density at radius 1 is 1.22 bits per heavy atom. The summed E-state index contributed by atoms with van der Waals surface area (Å²) >= 11 is 0. The predicted octanol–water partition coefficient (Wildman–Crippen LogP) is 0.930. The molecular formula is C12H18O5S. The number of aliphatic hydroxyl groups is 1. The van der Waals surface area contributed by atoms with Crippen molar-refractivity contribution in [2.45, 2.75) is 19.1 Å². The lowest BCUT2D eigenvalue weighted by Crippen LogP contribution is -2.37. The summed E-state index contributed by atoms with van der Waals surface area (Å²) in [6, 6.07) is 9.50. The standard InChI is InChI=1S/C12H18O5S/c1-12(13,10-17-18(2,14)15)9-16-8-11-6-4-3-5-7-11/h3-7,13H,8-10H2,1-2H3/t12-/m1/s1. The molecule has 1 aromatic carbocycles. The van der Waals surface area contributed by atoms with Crippen molar-refractivity contribution in [2.24, 2.45) is 0 Å². The highest BCUT2D eigenvalue weighted by atomic mass is 32.2. The molecule has 0 bridgehead atoms. The predicted molar refractivity (Wildman–Crippen MR) is 67.5 cm³/mol. The van der Waals surface area contributed by atoms with Gasteiger partial charge in [0, 0.05) is 0 Å². The van der Waals surface area contributed by atoms with Crippen molar-refractivity contribution in [3.8, 4) is 0 Å². The summed E-state index contributed by atoms with van der Waals surface area (Å²) in [5, 5.41) is 9.84. The van der Waals surface area contributed by atoms with Crippen LogP contribution in [0.4, 0.5) is 0 Å². The minimum atomic E-state index is -3.55. The minimum absolute atomic E-state index is 0.00257. The van der Waals surface area contributed by atoms with E-state index in [9.17, 15) is 13.5 Å². The summed E-state index contributed by atoms with van der Waals surface area (Å²) in [6.45, 7) is 1.50. The topological polar surface area (TPSA) is 72.8 Å². The van der Waals surface area contributed by atoms with Gasteiger partial charge in [0.2, 0.25) is 0 Å². The van der Waals surface area contributed by atoms with E-state index < -0.39 is 15.7 Å². The molecule has 0 unspecified atom stereocenters. The Morgan fingerprint density at radius 3 is 2.39 bits per heavy atom. The van der Waals surface area contributed by atoms with Gasteiger partial charge in [0.15, 0.2) is 0 Å². The van der Waals surface area contributed by atoms with Crippen molar-refractivity contribution in [2.75, 3.05) is 19.5 Å². The lowest BCUT2D eigenvalue weighted by Gasteiger charge is -2.22. The largest absolute Gasteiger partial charge is 0.385 e. The number of ether oxygens (including phenoxy) is 1. The van der Waals surface area contributed by atoms with Crippen LogP contribution in [0.3, 0.4) is 0 Å². The molecule has 0 fully saturated rings. The van der Waals surface area contributed by atoms with Crippen LogP contribution in [-0.4, -0.2) is 38.6 Å². The Morgan fingerprint density at radius 2 is 1.83 bits per heavy atom. The molecule has 102 valence electrons. The summed E-state index contributed by atoms with van der Waals surface area (Å²) < 4.78 is 31.5. The third-order valence-electron chi connectivity index (χ3n) is 2.11. The van der Waals surface area contributed by atoms with E-state index in [1.54, 1.807) is 0 Å². The van der Waals surface area contributed by atoms with E-state index in [1.807, 2.05) is 30.3 Å². The van der Waals surface area contributed by atoms with E-state index in [-0.39, 0.29) is 13.2 Å². The Labute approximate surface area is 107 Å². The van der Waals surface area contributed by atoms with Crippen molar-refractivity contribution < 1.29 is 22.4 Å². The van der Waals surface area contributed by atoms with Crippen LogP contribution in [0.2, 0.25) is 0 Å². The zero-order chi connectivity index (χ0) is 13.6. The zero-order valence-electron chi connectivity index (χ0n) is 10.5. The third-order valence-corrected chi connectivity index (χ3v) is 2.65. The molecule has 6 heteroatoms. The Kier molecular flexibility index (Phi) is 5.28. The minimum Gasteiger partial charge on any atom is -0.385 e. The van der Waals surface area contributed by atoms with Crippen molar-refractivity contribution >= 4 is 10.1 Å². The maximum atomic E-state index is 10.8. The first-order valence-corrected chi connectivity index (χ1v) is 7.29. The van der Waals surface area contributed by atoms with Crippen LogP contribution in [0.25, 0.3) is 0 Å². The third kappa shape index (κ3) is 6.70. The maximum absolute atomic E-state index is 10.8. The Hall–Kier alpha value is -0.950. The summed E-state index contributed by atoms with van der Waals surface area (Å²) in [5.74, 6) is 0. The highest BCUT2D eigenvalue weighted by Gasteiger charge is 2.23. The first kappa shape index (κ1) is 15.1. The van der Waals surface area contributed by atoms with Gasteiger partial charge in [0.1, 0.15) is 5.60 Å². The van der Waals surface area contributed by atoms with Gasteiger partial charge in [-0.1, -0.05) is 30.3 Å². The highest BCUT2D eigenvalue weighted by molar-refractivity contribution is 7.85. The highest BCUT2D eigenvalue weighted by Crippen LogP contribution is 2.09. The maximum Gasteiger partial charge on any atom is 0.264 e. The van der Waals surface area contributed by atoms with Crippen LogP contribution in [0, 0.1) is 0 Å². The molecular weight excluding hydrogens is 256 g/mol. The van der Waals surface area contributed by atoms with Crippen LogP contribution in [0.5, 0.6) is 0 Å². The summed E-state index contributed by atoms with van der Waals surface area (Å²) in [6.07, 6.45) is 0.938. The fourth-order valence-corrected chi connectivity index (χ4v) is 1.71.